The molecule has 0 bridgehead atoms. The van der Waals surface area contributed by atoms with Gasteiger partial charge < -0.3 is 14.4 Å². The van der Waals surface area contributed by atoms with Crippen LogP contribution in [0.25, 0.3) is 0 Å². The molecular formula is C20H28N2O3. The summed E-state index contributed by atoms with van der Waals surface area (Å²) in [5, 5.41) is 0. The zero-order chi connectivity index (χ0) is 17.1. The zero-order valence-electron chi connectivity index (χ0n) is 14.9. The van der Waals surface area contributed by atoms with Gasteiger partial charge >= 0.3 is 0 Å². The molecular weight excluding hydrogens is 316 g/mol. The Labute approximate surface area is 149 Å². The van der Waals surface area contributed by atoms with Crippen LogP contribution < -0.4 is 4.74 Å². The van der Waals surface area contributed by atoms with Gasteiger partial charge in [0.25, 0.3) is 5.91 Å². The molecule has 5 heteroatoms. The van der Waals surface area contributed by atoms with E-state index < -0.39 is 0 Å². The summed E-state index contributed by atoms with van der Waals surface area (Å²) in [6.07, 6.45) is 5.54. The van der Waals surface area contributed by atoms with Crippen LogP contribution in [0.5, 0.6) is 5.75 Å². The summed E-state index contributed by atoms with van der Waals surface area (Å²) in [5.74, 6) is 1.04. The maximum absolute atomic E-state index is 12.7. The molecule has 4 rings (SSSR count). The summed E-state index contributed by atoms with van der Waals surface area (Å²) in [4.78, 5) is 17.1. The van der Waals surface area contributed by atoms with Crippen LogP contribution in [0.2, 0.25) is 0 Å². The number of hydrogen-bond donors (Lipinski definition) is 0. The lowest BCUT2D eigenvalue weighted by Crippen LogP contribution is -2.39. The molecule has 1 aromatic carbocycles. The molecule has 3 heterocycles. The Hall–Kier alpha value is -1.59. The van der Waals surface area contributed by atoms with Crippen LogP contribution in [-0.4, -0.2) is 54.7 Å². The lowest BCUT2D eigenvalue weighted by Gasteiger charge is -2.27. The standard InChI is InChI=1S/C20H28N2O3/c23-20(19-5-4-11-24-19)22-10-12-25-18-7-6-16(13-17(18)15-22)14-21-8-2-1-3-9-21/h6-7,13,19H,1-5,8-12,14-15H2. The van der Waals surface area contributed by atoms with Gasteiger partial charge in [0, 0.05) is 25.3 Å². The number of likely N-dealkylation sites (tertiary alicyclic amines) is 1. The van der Waals surface area contributed by atoms with E-state index in [-0.39, 0.29) is 12.0 Å². The lowest BCUT2D eigenvalue weighted by atomic mass is 10.1. The third kappa shape index (κ3) is 3.98. The van der Waals surface area contributed by atoms with Gasteiger partial charge in [-0.25, -0.2) is 0 Å². The molecule has 1 unspecified atom stereocenters. The number of ether oxygens (including phenoxy) is 2. The molecule has 25 heavy (non-hydrogen) atoms. The first-order chi connectivity index (χ1) is 12.3. The Morgan fingerprint density at radius 3 is 2.76 bits per heavy atom. The van der Waals surface area contributed by atoms with E-state index >= 15 is 0 Å². The van der Waals surface area contributed by atoms with Gasteiger partial charge in [0.05, 0.1) is 6.54 Å². The molecule has 0 aromatic heterocycles. The fraction of sp³-hybridized carbons (Fsp3) is 0.650. The van der Waals surface area contributed by atoms with Crippen LogP contribution >= 0.6 is 0 Å². The van der Waals surface area contributed by atoms with Crippen LogP contribution in [0.3, 0.4) is 0 Å². The SMILES string of the molecule is O=C(C1CCCO1)N1CCOc2ccc(CN3CCCCC3)cc2C1. The highest BCUT2D eigenvalue weighted by Gasteiger charge is 2.30. The minimum atomic E-state index is -0.252. The van der Waals surface area contributed by atoms with E-state index in [9.17, 15) is 4.79 Å². The molecule has 1 atom stereocenters. The second-order valence-electron chi connectivity index (χ2n) is 7.39. The number of benzene rings is 1. The Bertz CT molecular complexity index is 607. The smallest absolute Gasteiger partial charge is 0.252 e. The van der Waals surface area contributed by atoms with Crippen molar-refractivity contribution >= 4 is 5.91 Å². The Morgan fingerprint density at radius 2 is 1.96 bits per heavy atom. The van der Waals surface area contributed by atoms with Crippen molar-refractivity contribution in [2.75, 3.05) is 32.8 Å². The van der Waals surface area contributed by atoms with Gasteiger partial charge in [-0.05, 0) is 56.5 Å². The molecule has 5 nitrogen and oxygen atoms in total. The minimum Gasteiger partial charge on any atom is -0.491 e. The lowest BCUT2D eigenvalue weighted by molar-refractivity contribution is -0.141. The number of fused-ring (bicyclic) bond motifs is 1. The van der Waals surface area contributed by atoms with E-state index in [4.69, 9.17) is 9.47 Å². The average Bonchev–Trinajstić information content (AvgIpc) is 3.09. The van der Waals surface area contributed by atoms with E-state index in [2.05, 4.69) is 23.1 Å². The third-order valence-corrected chi connectivity index (χ3v) is 5.48. The third-order valence-electron chi connectivity index (χ3n) is 5.48. The van der Waals surface area contributed by atoms with Gasteiger partial charge in [0.15, 0.2) is 0 Å². The fourth-order valence-corrected chi connectivity index (χ4v) is 4.09. The van der Waals surface area contributed by atoms with E-state index in [0.29, 0.717) is 26.3 Å². The predicted molar refractivity (Wildman–Crippen MR) is 95.5 cm³/mol. The number of nitrogens with zero attached hydrogens (tertiary/aromatic N) is 2. The second kappa shape index (κ2) is 7.75. The number of carbonyl (C=O) groups excluding carboxylic acids is 1. The summed E-state index contributed by atoms with van der Waals surface area (Å²) in [6.45, 7) is 5.90. The van der Waals surface area contributed by atoms with Gasteiger partial charge in [-0.1, -0.05) is 12.5 Å². The Kier molecular flexibility index (Phi) is 5.22. The molecule has 0 aliphatic carbocycles. The van der Waals surface area contributed by atoms with Crippen LogP contribution in [0, 0.1) is 0 Å². The van der Waals surface area contributed by atoms with Crippen molar-refractivity contribution < 1.29 is 14.3 Å². The van der Waals surface area contributed by atoms with E-state index in [1.54, 1.807) is 0 Å². The number of hydrogen-bond acceptors (Lipinski definition) is 4. The molecule has 3 aliphatic heterocycles. The Balaban J connectivity index is 1.46. The van der Waals surface area contributed by atoms with Crippen molar-refractivity contribution in [2.24, 2.45) is 0 Å². The van der Waals surface area contributed by atoms with Crippen LogP contribution in [-0.2, 0) is 22.6 Å². The van der Waals surface area contributed by atoms with E-state index in [1.807, 2.05) is 4.90 Å². The molecule has 0 N–H and O–H groups in total. The maximum Gasteiger partial charge on any atom is 0.252 e. The zero-order valence-corrected chi connectivity index (χ0v) is 14.9. The molecule has 2 fully saturated rings. The highest BCUT2D eigenvalue weighted by Crippen LogP contribution is 2.27. The number of piperidine rings is 1. The normalized spacial score (nSPS) is 24.5. The summed E-state index contributed by atoms with van der Waals surface area (Å²) in [7, 11) is 0. The van der Waals surface area contributed by atoms with Crippen LogP contribution in [0.15, 0.2) is 18.2 Å². The minimum absolute atomic E-state index is 0.121. The molecule has 0 radical (unpaired) electrons. The number of amides is 1. The van der Waals surface area contributed by atoms with Gasteiger partial charge in [0.2, 0.25) is 0 Å². The summed E-state index contributed by atoms with van der Waals surface area (Å²) in [5.41, 5.74) is 2.44. The molecule has 0 saturated carbocycles. The molecule has 136 valence electrons. The van der Waals surface area contributed by atoms with E-state index in [1.165, 1.54) is 37.9 Å². The highest BCUT2D eigenvalue weighted by atomic mass is 16.5. The highest BCUT2D eigenvalue weighted by molar-refractivity contribution is 5.81. The van der Waals surface area contributed by atoms with Gasteiger partial charge in [0.1, 0.15) is 18.5 Å². The van der Waals surface area contributed by atoms with Crippen molar-refractivity contribution in [1.29, 1.82) is 0 Å². The largest absolute Gasteiger partial charge is 0.491 e. The van der Waals surface area contributed by atoms with Crippen molar-refractivity contribution in [3.05, 3.63) is 29.3 Å². The predicted octanol–water partition coefficient (Wildman–Crippen LogP) is 2.57. The van der Waals surface area contributed by atoms with Crippen LogP contribution in [0.4, 0.5) is 0 Å². The molecule has 0 spiro atoms. The van der Waals surface area contributed by atoms with Gasteiger partial charge in [-0.3, -0.25) is 9.69 Å². The summed E-state index contributed by atoms with van der Waals surface area (Å²) >= 11 is 0. The molecule has 2 saturated heterocycles. The van der Waals surface area contributed by atoms with E-state index in [0.717, 1.165) is 30.7 Å². The molecule has 1 aromatic rings. The number of carbonyl (C=O) groups is 1. The van der Waals surface area contributed by atoms with Gasteiger partial charge in [-0.15, -0.1) is 0 Å². The monoisotopic (exact) mass is 344 g/mol. The Morgan fingerprint density at radius 1 is 1.08 bits per heavy atom. The second-order valence-corrected chi connectivity index (χ2v) is 7.39. The van der Waals surface area contributed by atoms with Crippen molar-refractivity contribution in [3.63, 3.8) is 0 Å². The first kappa shape index (κ1) is 16.9. The average molecular weight is 344 g/mol. The first-order valence-corrected chi connectivity index (χ1v) is 9.67. The molecule has 1 amide bonds. The van der Waals surface area contributed by atoms with Crippen molar-refractivity contribution in [1.82, 2.24) is 9.80 Å². The topological polar surface area (TPSA) is 42.0 Å². The van der Waals surface area contributed by atoms with Crippen LogP contribution in [0.1, 0.15) is 43.2 Å². The van der Waals surface area contributed by atoms with Crippen molar-refractivity contribution in [3.8, 4) is 5.75 Å². The summed E-state index contributed by atoms with van der Waals surface area (Å²) in [6, 6.07) is 6.48. The maximum atomic E-state index is 12.7. The van der Waals surface area contributed by atoms with Crippen molar-refractivity contribution in [2.45, 2.75) is 51.3 Å². The molecule has 3 aliphatic rings. The quantitative estimate of drug-likeness (QED) is 0.845. The fourth-order valence-electron chi connectivity index (χ4n) is 4.09. The van der Waals surface area contributed by atoms with Gasteiger partial charge in [-0.2, -0.15) is 0 Å². The summed E-state index contributed by atoms with van der Waals surface area (Å²) < 4.78 is 11.5. The number of rotatable bonds is 3. The first-order valence-electron chi connectivity index (χ1n) is 9.67.